The van der Waals surface area contributed by atoms with Crippen molar-refractivity contribution in [2.75, 3.05) is 31.5 Å². The molecule has 150 valence electrons. The summed E-state index contributed by atoms with van der Waals surface area (Å²) in [6.45, 7) is 2.39. The number of nitrogens with one attached hydrogen (secondary N) is 2. The lowest BCUT2D eigenvalue weighted by atomic mass is 9.99. The monoisotopic (exact) mass is 387 g/mol. The zero-order valence-electron chi connectivity index (χ0n) is 15.1. The van der Waals surface area contributed by atoms with E-state index in [2.05, 4.69) is 27.2 Å². The normalized spacial score (nSPS) is 15.6. The van der Waals surface area contributed by atoms with Gasteiger partial charge >= 0.3 is 18.4 Å². The number of benzene rings is 1. The van der Waals surface area contributed by atoms with Gasteiger partial charge in [-0.2, -0.15) is 8.78 Å². The third kappa shape index (κ3) is 7.09. The molecule has 1 aromatic rings. The maximum absolute atomic E-state index is 13.6. The Balaban J connectivity index is 1.70. The minimum atomic E-state index is -3.15. The number of rotatable bonds is 7. The summed E-state index contributed by atoms with van der Waals surface area (Å²) in [5.41, 5.74) is -0.0308. The van der Waals surface area contributed by atoms with Crippen LogP contribution in [0.1, 0.15) is 26.2 Å². The van der Waals surface area contributed by atoms with Gasteiger partial charge in [0.15, 0.2) is 11.6 Å². The summed E-state index contributed by atoms with van der Waals surface area (Å²) in [6.07, 6.45) is 3.07. The van der Waals surface area contributed by atoms with Crippen molar-refractivity contribution in [3.8, 4) is 5.75 Å². The first-order valence-electron chi connectivity index (χ1n) is 8.91. The second kappa shape index (κ2) is 10.1. The van der Waals surface area contributed by atoms with Gasteiger partial charge < -0.3 is 20.3 Å². The summed E-state index contributed by atoms with van der Waals surface area (Å²) in [5, 5.41) is 4.72. The van der Waals surface area contributed by atoms with E-state index in [1.165, 1.54) is 18.9 Å². The van der Waals surface area contributed by atoms with E-state index < -0.39 is 30.0 Å². The quantitative estimate of drug-likeness (QED) is 0.557. The topological polar surface area (TPSA) is 70.7 Å². The highest BCUT2D eigenvalue weighted by molar-refractivity contribution is 6.39. The first kappa shape index (κ1) is 21.0. The molecule has 0 bridgehead atoms. The number of hydrogen-bond acceptors (Lipinski definition) is 4. The van der Waals surface area contributed by atoms with E-state index in [0.717, 1.165) is 44.1 Å². The highest BCUT2D eigenvalue weighted by Gasteiger charge is 2.17. The number of hydrogen-bond donors (Lipinski definition) is 2. The molecule has 2 amide bonds. The molecule has 27 heavy (non-hydrogen) atoms. The van der Waals surface area contributed by atoms with Crippen LogP contribution in [-0.4, -0.2) is 49.5 Å². The minimum absolute atomic E-state index is 0.0308. The van der Waals surface area contributed by atoms with Crippen molar-refractivity contribution in [3.63, 3.8) is 0 Å². The van der Waals surface area contributed by atoms with Crippen LogP contribution in [0.5, 0.6) is 5.75 Å². The van der Waals surface area contributed by atoms with Crippen LogP contribution in [0, 0.1) is 11.7 Å². The fraction of sp³-hybridized carbons (Fsp3) is 0.556. The fourth-order valence-corrected chi connectivity index (χ4v) is 2.83. The van der Waals surface area contributed by atoms with Crippen molar-refractivity contribution in [2.24, 2.45) is 5.92 Å². The Kier molecular flexibility index (Phi) is 7.90. The highest BCUT2D eigenvalue weighted by Crippen LogP contribution is 2.22. The lowest BCUT2D eigenvalue weighted by molar-refractivity contribution is -0.136. The molecular formula is C18H24F3N3O3. The van der Waals surface area contributed by atoms with Crippen molar-refractivity contribution in [1.29, 1.82) is 0 Å². The van der Waals surface area contributed by atoms with Crippen LogP contribution in [-0.2, 0) is 9.59 Å². The van der Waals surface area contributed by atoms with E-state index in [9.17, 15) is 22.8 Å². The van der Waals surface area contributed by atoms with Crippen LogP contribution in [0.3, 0.4) is 0 Å². The molecule has 2 N–H and O–H groups in total. The van der Waals surface area contributed by atoms with Crippen LogP contribution in [0.2, 0.25) is 0 Å². The standard InChI is InChI=1S/C18H24F3N3O3/c1-12-5-9-24(10-6-12)8-2-7-22-16(25)17(26)23-13-3-4-15(14(19)11-13)27-18(20)21/h3-4,11-12,18H,2,5-10H2,1H3,(H,22,25)(H,23,26). The first-order valence-corrected chi connectivity index (χ1v) is 8.91. The lowest BCUT2D eigenvalue weighted by Gasteiger charge is -2.30. The summed E-state index contributed by atoms with van der Waals surface area (Å²) in [4.78, 5) is 25.9. The Morgan fingerprint density at radius 3 is 2.59 bits per heavy atom. The van der Waals surface area contributed by atoms with Gasteiger partial charge in [-0.25, -0.2) is 4.39 Å². The van der Waals surface area contributed by atoms with Crippen molar-refractivity contribution in [1.82, 2.24) is 10.2 Å². The summed E-state index contributed by atoms with van der Waals surface area (Å²) in [6, 6.07) is 2.93. The smallest absolute Gasteiger partial charge is 0.387 e. The number of alkyl halides is 2. The fourth-order valence-electron chi connectivity index (χ4n) is 2.83. The van der Waals surface area contributed by atoms with E-state index in [0.29, 0.717) is 6.54 Å². The summed E-state index contributed by atoms with van der Waals surface area (Å²) >= 11 is 0. The Bertz CT molecular complexity index is 650. The van der Waals surface area contributed by atoms with E-state index in [-0.39, 0.29) is 5.69 Å². The number of nitrogens with zero attached hydrogens (tertiary/aromatic N) is 1. The predicted octanol–water partition coefficient (Wildman–Crippen LogP) is 2.60. The van der Waals surface area contributed by atoms with Gasteiger partial charge in [0.25, 0.3) is 0 Å². The van der Waals surface area contributed by atoms with E-state index in [1.807, 2.05) is 0 Å². The third-order valence-electron chi connectivity index (χ3n) is 4.42. The van der Waals surface area contributed by atoms with Gasteiger partial charge in [0.1, 0.15) is 0 Å². The zero-order chi connectivity index (χ0) is 19.8. The molecular weight excluding hydrogens is 363 g/mol. The maximum atomic E-state index is 13.6. The van der Waals surface area contributed by atoms with Crippen LogP contribution < -0.4 is 15.4 Å². The van der Waals surface area contributed by atoms with Gasteiger partial charge in [-0.3, -0.25) is 9.59 Å². The Morgan fingerprint density at radius 2 is 1.96 bits per heavy atom. The molecule has 1 aliphatic heterocycles. The molecule has 0 radical (unpaired) electrons. The third-order valence-corrected chi connectivity index (χ3v) is 4.42. The van der Waals surface area contributed by atoms with Crippen molar-refractivity contribution in [3.05, 3.63) is 24.0 Å². The van der Waals surface area contributed by atoms with E-state index >= 15 is 0 Å². The number of halogens is 3. The largest absolute Gasteiger partial charge is 0.432 e. The number of piperidine rings is 1. The van der Waals surface area contributed by atoms with Gasteiger partial charge in [-0.1, -0.05) is 6.92 Å². The van der Waals surface area contributed by atoms with Crippen molar-refractivity contribution < 1.29 is 27.5 Å². The average molecular weight is 387 g/mol. The van der Waals surface area contributed by atoms with Crippen molar-refractivity contribution >= 4 is 17.5 Å². The summed E-state index contributed by atoms with van der Waals surface area (Å²) < 4.78 is 41.7. The number of anilines is 1. The number of ether oxygens (including phenoxy) is 1. The van der Waals surface area contributed by atoms with Crippen molar-refractivity contribution in [2.45, 2.75) is 32.8 Å². The molecule has 1 aromatic carbocycles. The molecule has 0 unspecified atom stereocenters. The molecule has 9 heteroatoms. The van der Waals surface area contributed by atoms with Gasteiger partial charge in [0, 0.05) is 18.3 Å². The molecule has 0 atom stereocenters. The number of likely N-dealkylation sites (tertiary alicyclic amines) is 1. The molecule has 1 aliphatic rings. The number of carbonyl (C=O) groups excluding carboxylic acids is 2. The molecule has 1 heterocycles. The van der Waals surface area contributed by atoms with E-state index in [1.54, 1.807) is 0 Å². The van der Waals surface area contributed by atoms with Crippen LogP contribution in [0.25, 0.3) is 0 Å². The highest BCUT2D eigenvalue weighted by atomic mass is 19.3. The second-order valence-electron chi connectivity index (χ2n) is 6.61. The predicted molar refractivity (Wildman–Crippen MR) is 94.1 cm³/mol. The molecule has 6 nitrogen and oxygen atoms in total. The van der Waals surface area contributed by atoms with Crippen LogP contribution in [0.4, 0.5) is 18.9 Å². The number of amides is 2. The number of carbonyl (C=O) groups is 2. The van der Waals surface area contributed by atoms with Gasteiger partial charge in [0.05, 0.1) is 0 Å². The van der Waals surface area contributed by atoms with Gasteiger partial charge in [0.2, 0.25) is 0 Å². The molecule has 0 aromatic heterocycles. The average Bonchev–Trinajstić information content (AvgIpc) is 2.62. The summed E-state index contributed by atoms with van der Waals surface area (Å²) in [7, 11) is 0. The van der Waals surface area contributed by atoms with Gasteiger partial charge in [-0.15, -0.1) is 0 Å². The molecule has 1 fully saturated rings. The molecule has 0 spiro atoms. The second-order valence-corrected chi connectivity index (χ2v) is 6.61. The molecule has 0 saturated carbocycles. The van der Waals surface area contributed by atoms with E-state index in [4.69, 9.17) is 0 Å². The minimum Gasteiger partial charge on any atom is -0.432 e. The Labute approximate surface area is 156 Å². The molecule has 1 saturated heterocycles. The van der Waals surface area contributed by atoms with Crippen LogP contribution in [0.15, 0.2) is 18.2 Å². The maximum Gasteiger partial charge on any atom is 0.387 e. The first-order chi connectivity index (χ1) is 12.8. The molecule has 2 rings (SSSR count). The Morgan fingerprint density at radius 1 is 1.26 bits per heavy atom. The molecule has 0 aliphatic carbocycles. The SMILES string of the molecule is CC1CCN(CCCNC(=O)C(=O)Nc2ccc(OC(F)F)c(F)c2)CC1. The van der Waals surface area contributed by atoms with Gasteiger partial charge in [-0.05, 0) is 56.9 Å². The summed E-state index contributed by atoms with van der Waals surface area (Å²) in [5.74, 6) is -2.74. The zero-order valence-corrected chi connectivity index (χ0v) is 15.1. The van der Waals surface area contributed by atoms with Crippen LogP contribution >= 0.6 is 0 Å². The lowest BCUT2D eigenvalue weighted by Crippen LogP contribution is -2.38. The Hall–Kier alpha value is -2.29.